The van der Waals surface area contributed by atoms with Crippen LogP contribution in [0, 0.1) is 6.92 Å². The van der Waals surface area contributed by atoms with Crippen molar-refractivity contribution in [1.82, 2.24) is 4.98 Å². The minimum absolute atomic E-state index is 0.185. The van der Waals surface area contributed by atoms with Crippen molar-refractivity contribution in [2.45, 2.75) is 32.4 Å². The number of hydrogen-bond acceptors (Lipinski definition) is 5. The molecule has 2 aromatic carbocycles. The van der Waals surface area contributed by atoms with Gasteiger partial charge in [0.25, 0.3) is 5.91 Å². The Morgan fingerprint density at radius 2 is 1.91 bits per heavy atom. The molecule has 0 bridgehead atoms. The zero-order chi connectivity index (χ0) is 24.6. The molecule has 2 N–H and O–H groups in total. The van der Waals surface area contributed by atoms with Crippen LogP contribution in [-0.4, -0.2) is 16.6 Å². The number of aromatic nitrogens is 1. The lowest BCUT2D eigenvalue weighted by atomic mass is 9.93. The van der Waals surface area contributed by atoms with Crippen molar-refractivity contribution >= 4 is 33.9 Å². The normalized spacial score (nSPS) is 14.7. The fraction of sp³-hybridized carbons (Fsp3) is 0.192. The van der Waals surface area contributed by atoms with E-state index in [9.17, 15) is 18.0 Å². The van der Waals surface area contributed by atoms with Crippen LogP contribution in [0.2, 0.25) is 0 Å². The fourth-order valence-electron chi connectivity index (χ4n) is 4.29. The van der Waals surface area contributed by atoms with E-state index in [4.69, 9.17) is 4.42 Å². The van der Waals surface area contributed by atoms with Crippen molar-refractivity contribution in [2.75, 3.05) is 10.7 Å². The van der Waals surface area contributed by atoms with Crippen LogP contribution in [0.25, 0.3) is 10.9 Å². The summed E-state index contributed by atoms with van der Waals surface area (Å²) in [5.74, 6) is 0.436. The van der Waals surface area contributed by atoms with Crippen LogP contribution in [0.5, 0.6) is 0 Å². The standard InChI is InChI=1S/C26H21F3N4O2/c1-15-23-21(33-32-17-7-2-6-16(14-17)26(27,28)29)11-4-12-22(23)35-24(15)25(34)31-20-10-3-9-19-18(20)8-5-13-30-19/h2-3,5-10,13-14,32H,4,11-12H2,1H3,(H,31,34)/b33-21+. The van der Waals surface area contributed by atoms with Gasteiger partial charge in [-0.05, 0) is 62.2 Å². The van der Waals surface area contributed by atoms with Crippen molar-refractivity contribution in [3.05, 3.63) is 89.0 Å². The molecule has 2 heterocycles. The molecule has 4 aromatic rings. The van der Waals surface area contributed by atoms with Gasteiger partial charge in [-0.1, -0.05) is 12.1 Å². The number of amides is 1. The van der Waals surface area contributed by atoms with E-state index in [1.165, 1.54) is 12.1 Å². The number of pyridine rings is 1. The van der Waals surface area contributed by atoms with Crippen LogP contribution >= 0.6 is 0 Å². The highest BCUT2D eigenvalue weighted by atomic mass is 19.4. The summed E-state index contributed by atoms with van der Waals surface area (Å²) in [6.07, 6.45) is -0.752. The second-order valence-electron chi connectivity index (χ2n) is 8.29. The fourth-order valence-corrected chi connectivity index (χ4v) is 4.29. The van der Waals surface area contributed by atoms with E-state index < -0.39 is 17.6 Å². The number of alkyl halides is 3. The van der Waals surface area contributed by atoms with Crippen molar-refractivity contribution in [1.29, 1.82) is 0 Å². The molecule has 0 fully saturated rings. The molecular formula is C26H21F3N4O2. The summed E-state index contributed by atoms with van der Waals surface area (Å²) < 4.78 is 45.0. The molecule has 1 amide bonds. The predicted octanol–water partition coefficient (Wildman–Crippen LogP) is 6.56. The molecule has 1 aliphatic carbocycles. The van der Waals surface area contributed by atoms with E-state index in [2.05, 4.69) is 20.8 Å². The van der Waals surface area contributed by atoms with E-state index >= 15 is 0 Å². The first-order valence-corrected chi connectivity index (χ1v) is 11.1. The lowest BCUT2D eigenvalue weighted by molar-refractivity contribution is -0.137. The van der Waals surface area contributed by atoms with Crippen LogP contribution in [0.1, 0.15) is 45.8 Å². The monoisotopic (exact) mass is 478 g/mol. The number of hydrazone groups is 1. The number of rotatable bonds is 4. The Morgan fingerprint density at radius 1 is 1.09 bits per heavy atom. The molecule has 0 saturated heterocycles. The van der Waals surface area contributed by atoms with Crippen molar-refractivity contribution in [2.24, 2.45) is 5.10 Å². The molecule has 9 heteroatoms. The summed E-state index contributed by atoms with van der Waals surface area (Å²) in [4.78, 5) is 17.4. The first-order valence-electron chi connectivity index (χ1n) is 11.1. The lowest BCUT2D eigenvalue weighted by Gasteiger charge is -2.14. The van der Waals surface area contributed by atoms with Crippen LogP contribution in [0.4, 0.5) is 24.5 Å². The number of nitrogens with zero attached hydrogens (tertiary/aromatic N) is 2. The van der Waals surface area contributed by atoms with Gasteiger partial charge in [0, 0.05) is 29.1 Å². The number of benzene rings is 2. The minimum Gasteiger partial charge on any atom is -0.455 e. The first kappa shape index (κ1) is 22.6. The molecule has 35 heavy (non-hydrogen) atoms. The van der Waals surface area contributed by atoms with Gasteiger partial charge in [0.05, 0.1) is 28.2 Å². The third-order valence-corrected chi connectivity index (χ3v) is 5.94. The maximum atomic E-state index is 13.1. The van der Waals surface area contributed by atoms with Gasteiger partial charge in [0.2, 0.25) is 0 Å². The number of furan rings is 1. The van der Waals surface area contributed by atoms with Gasteiger partial charge < -0.3 is 9.73 Å². The summed E-state index contributed by atoms with van der Waals surface area (Å²) in [5, 5.41) is 8.10. The molecule has 0 spiro atoms. The van der Waals surface area contributed by atoms with Gasteiger partial charge in [0.15, 0.2) is 5.76 Å². The average Bonchev–Trinajstić information content (AvgIpc) is 3.20. The Kier molecular flexibility index (Phi) is 5.76. The SMILES string of the molecule is Cc1c(C(=O)Nc2cccc3ncccc23)oc2c1/C(=N/Nc1cccc(C(F)(F)F)c1)CCC2. The second-order valence-corrected chi connectivity index (χ2v) is 8.29. The quantitative estimate of drug-likeness (QED) is 0.326. The van der Waals surface area contributed by atoms with E-state index in [1.807, 2.05) is 18.2 Å². The largest absolute Gasteiger partial charge is 0.455 e. The van der Waals surface area contributed by atoms with Crippen LogP contribution in [0.15, 0.2) is 70.3 Å². The number of halogens is 3. The molecule has 0 aliphatic heterocycles. The van der Waals surface area contributed by atoms with Crippen LogP contribution in [-0.2, 0) is 12.6 Å². The van der Waals surface area contributed by atoms with E-state index in [0.717, 1.165) is 35.0 Å². The summed E-state index contributed by atoms with van der Waals surface area (Å²) in [6, 6.07) is 14.0. The number of fused-ring (bicyclic) bond motifs is 2. The molecule has 178 valence electrons. The van der Waals surface area contributed by atoms with E-state index in [0.29, 0.717) is 35.6 Å². The highest BCUT2D eigenvalue weighted by Crippen LogP contribution is 2.33. The van der Waals surface area contributed by atoms with E-state index in [-0.39, 0.29) is 11.4 Å². The molecular weight excluding hydrogens is 457 g/mol. The number of anilines is 2. The number of aryl methyl sites for hydroxylation is 1. The van der Waals surface area contributed by atoms with Gasteiger partial charge in [-0.25, -0.2) is 0 Å². The Balaban J connectivity index is 1.42. The molecule has 1 aliphatic rings. The maximum Gasteiger partial charge on any atom is 0.416 e. The zero-order valence-corrected chi connectivity index (χ0v) is 18.7. The van der Waals surface area contributed by atoms with Gasteiger partial charge >= 0.3 is 6.18 Å². The molecule has 5 rings (SSSR count). The highest BCUT2D eigenvalue weighted by molar-refractivity contribution is 6.11. The van der Waals surface area contributed by atoms with Gasteiger partial charge in [-0.3, -0.25) is 15.2 Å². The predicted molar refractivity (Wildman–Crippen MR) is 128 cm³/mol. The number of carbonyl (C=O) groups is 1. The maximum absolute atomic E-state index is 13.1. The van der Waals surface area contributed by atoms with Crippen molar-refractivity contribution in [3.63, 3.8) is 0 Å². The molecule has 2 aromatic heterocycles. The number of hydrogen-bond donors (Lipinski definition) is 2. The molecule has 0 radical (unpaired) electrons. The third kappa shape index (κ3) is 4.49. The van der Waals surface area contributed by atoms with Crippen LogP contribution in [0.3, 0.4) is 0 Å². The Hall–Kier alpha value is -4.14. The first-order chi connectivity index (χ1) is 16.8. The molecule has 0 atom stereocenters. The smallest absolute Gasteiger partial charge is 0.416 e. The van der Waals surface area contributed by atoms with Gasteiger partial charge in [0.1, 0.15) is 5.76 Å². The van der Waals surface area contributed by atoms with Crippen molar-refractivity contribution < 1.29 is 22.4 Å². The van der Waals surface area contributed by atoms with Crippen LogP contribution < -0.4 is 10.7 Å². The molecule has 6 nitrogen and oxygen atoms in total. The second kappa shape index (κ2) is 8.90. The Bertz CT molecular complexity index is 1450. The molecule has 0 unspecified atom stereocenters. The summed E-state index contributed by atoms with van der Waals surface area (Å²) in [7, 11) is 0. The Morgan fingerprint density at radius 3 is 2.74 bits per heavy atom. The van der Waals surface area contributed by atoms with E-state index in [1.54, 1.807) is 25.3 Å². The van der Waals surface area contributed by atoms with Crippen molar-refractivity contribution in [3.8, 4) is 0 Å². The zero-order valence-electron chi connectivity index (χ0n) is 18.7. The van der Waals surface area contributed by atoms with Gasteiger partial charge in [-0.15, -0.1) is 0 Å². The minimum atomic E-state index is -4.44. The third-order valence-electron chi connectivity index (χ3n) is 5.94. The summed E-state index contributed by atoms with van der Waals surface area (Å²) >= 11 is 0. The highest BCUT2D eigenvalue weighted by Gasteiger charge is 2.31. The number of nitrogens with one attached hydrogen (secondary N) is 2. The summed E-state index contributed by atoms with van der Waals surface area (Å²) in [6.45, 7) is 1.78. The average molecular weight is 478 g/mol. The summed E-state index contributed by atoms with van der Waals surface area (Å²) in [5.41, 5.74) is 5.58. The Labute approximate surface area is 198 Å². The lowest BCUT2D eigenvalue weighted by Crippen LogP contribution is -2.14. The topological polar surface area (TPSA) is 79.5 Å². The van der Waals surface area contributed by atoms with Gasteiger partial charge in [-0.2, -0.15) is 18.3 Å². The molecule has 0 saturated carbocycles. The number of carbonyl (C=O) groups excluding carboxylic acids is 1.